The summed E-state index contributed by atoms with van der Waals surface area (Å²) < 4.78 is 10.3. The first kappa shape index (κ1) is 18.2. The van der Waals surface area contributed by atoms with Crippen molar-refractivity contribution >= 4 is 29.3 Å². The van der Waals surface area contributed by atoms with Crippen molar-refractivity contribution in [1.29, 1.82) is 0 Å². The number of hydrogen-bond donors (Lipinski definition) is 1. The number of nitrogens with one attached hydrogen (secondary N) is 1. The summed E-state index contributed by atoms with van der Waals surface area (Å²) in [6.07, 6.45) is 3.58. The van der Waals surface area contributed by atoms with E-state index in [1.165, 1.54) is 23.9 Å². The number of rotatable bonds is 7. The highest BCUT2D eigenvalue weighted by Crippen LogP contribution is 2.28. The zero-order chi connectivity index (χ0) is 17.5. The number of carbonyl (C=O) groups excluding carboxylic acids is 2. The van der Waals surface area contributed by atoms with Gasteiger partial charge in [-0.1, -0.05) is 0 Å². The lowest BCUT2D eigenvalue weighted by Gasteiger charge is -2.11. The number of hydrogen-bond acceptors (Lipinski definition) is 7. The van der Waals surface area contributed by atoms with Crippen molar-refractivity contribution in [3.63, 3.8) is 0 Å². The average molecular weight is 354 g/mol. The van der Waals surface area contributed by atoms with Crippen LogP contribution in [0.2, 0.25) is 0 Å². The van der Waals surface area contributed by atoms with Crippen LogP contribution < -0.4 is 5.32 Å². The third-order valence-corrected chi connectivity index (χ3v) is 4.28. The first-order chi connectivity index (χ1) is 11.5. The Morgan fingerprint density at radius 3 is 2.92 bits per heavy atom. The van der Waals surface area contributed by atoms with Gasteiger partial charge in [-0.3, -0.25) is 14.9 Å². The molecular formula is C15H18N2O6S. The number of esters is 1. The summed E-state index contributed by atoms with van der Waals surface area (Å²) >= 11 is 1.21. The molecule has 1 aliphatic heterocycles. The Morgan fingerprint density at radius 2 is 2.29 bits per heavy atom. The molecule has 1 atom stereocenters. The van der Waals surface area contributed by atoms with Crippen LogP contribution in [0, 0.1) is 10.1 Å². The Morgan fingerprint density at radius 1 is 1.50 bits per heavy atom. The van der Waals surface area contributed by atoms with Crippen molar-refractivity contribution in [1.82, 2.24) is 5.32 Å². The van der Waals surface area contributed by atoms with Gasteiger partial charge >= 0.3 is 5.97 Å². The van der Waals surface area contributed by atoms with Crippen LogP contribution in [0.5, 0.6) is 0 Å². The standard InChI is InChI=1S/C15H18N2O6S/c1-24-13-5-4-10(7-12(13)17(20)21)15(19)23-9-14(18)16-8-11-3-2-6-22-11/h4-5,7,11H,2-3,6,8-9H2,1H3,(H,16,18)/t11-/m1/s1. The fraction of sp³-hybridized carbons (Fsp3) is 0.467. The molecule has 1 aromatic rings. The molecule has 0 aliphatic carbocycles. The number of nitrogens with zero attached hydrogens (tertiary/aromatic N) is 1. The van der Waals surface area contributed by atoms with Gasteiger partial charge in [-0.15, -0.1) is 11.8 Å². The van der Waals surface area contributed by atoms with Gasteiger partial charge in [0, 0.05) is 19.2 Å². The van der Waals surface area contributed by atoms with Crippen LogP contribution in [-0.4, -0.2) is 48.9 Å². The molecule has 0 saturated carbocycles. The van der Waals surface area contributed by atoms with Gasteiger partial charge < -0.3 is 14.8 Å². The number of nitro benzene ring substituents is 1. The molecule has 0 radical (unpaired) electrons. The molecule has 1 N–H and O–H groups in total. The molecule has 0 aromatic heterocycles. The second-order valence-corrected chi connectivity index (χ2v) is 6.01. The van der Waals surface area contributed by atoms with E-state index in [0.29, 0.717) is 18.0 Å². The molecule has 1 saturated heterocycles. The molecule has 130 valence electrons. The van der Waals surface area contributed by atoms with Crippen molar-refractivity contribution in [3.8, 4) is 0 Å². The number of benzene rings is 1. The summed E-state index contributed by atoms with van der Waals surface area (Å²) in [7, 11) is 0. The predicted octanol–water partition coefficient (Wildman–Crippen LogP) is 1.77. The van der Waals surface area contributed by atoms with Crippen LogP contribution in [0.15, 0.2) is 23.1 Å². The minimum absolute atomic E-state index is 0.00592. The second kappa shape index (κ2) is 8.65. The number of thioether (sulfide) groups is 1. The average Bonchev–Trinajstić information content (AvgIpc) is 3.10. The van der Waals surface area contributed by atoms with E-state index in [1.807, 2.05) is 0 Å². The van der Waals surface area contributed by atoms with Crippen LogP contribution in [0.1, 0.15) is 23.2 Å². The Hall–Kier alpha value is -2.13. The van der Waals surface area contributed by atoms with Crippen LogP contribution in [0.4, 0.5) is 5.69 Å². The van der Waals surface area contributed by atoms with Gasteiger partial charge in [0.2, 0.25) is 0 Å². The van der Waals surface area contributed by atoms with E-state index in [1.54, 1.807) is 6.26 Å². The molecule has 0 bridgehead atoms. The third-order valence-electron chi connectivity index (χ3n) is 3.50. The fourth-order valence-electron chi connectivity index (χ4n) is 2.26. The van der Waals surface area contributed by atoms with E-state index >= 15 is 0 Å². The second-order valence-electron chi connectivity index (χ2n) is 5.16. The van der Waals surface area contributed by atoms with Crippen LogP contribution in [0.25, 0.3) is 0 Å². The monoisotopic (exact) mass is 354 g/mol. The fourth-order valence-corrected chi connectivity index (χ4v) is 2.80. The molecule has 0 unspecified atom stereocenters. The SMILES string of the molecule is CSc1ccc(C(=O)OCC(=O)NC[C@H]2CCCO2)cc1[N+](=O)[O-]. The molecule has 0 spiro atoms. The molecule has 1 fully saturated rings. The maximum atomic E-state index is 11.9. The van der Waals surface area contributed by atoms with Crippen LogP contribution in [0.3, 0.4) is 0 Å². The number of nitro groups is 1. The highest BCUT2D eigenvalue weighted by atomic mass is 32.2. The van der Waals surface area contributed by atoms with Crippen molar-refractivity contribution in [2.24, 2.45) is 0 Å². The van der Waals surface area contributed by atoms with Gasteiger partial charge in [-0.25, -0.2) is 4.79 Å². The van der Waals surface area contributed by atoms with Gasteiger partial charge in [0.25, 0.3) is 11.6 Å². The van der Waals surface area contributed by atoms with Crippen LogP contribution >= 0.6 is 11.8 Å². The summed E-state index contributed by atoms with van der Waals surface area (Å²) in [4.78, 5) is 34.5. The lowest BCUT2D eigenvalue weighted by atomic mass is 10.2. The third kappa shape index (κ3) is 4.93. The highest BCUT2D eigenvalue weighted by Gasteiger charge is 2.19. The summed E-state index contributed by atoms with van der Waals surface area (Å²) in [5.74, 6) is -1.22. The van der Waals surface area contributed by atoms with Gasteiger partial charge in [0.05, 0.1) is 21.5 Å². The molecule has 1 aliphatic rings. The van der Waals surface area contributed by atoms with E-state index in [2.05, 4.69) is 5.32 Å². The Kier molecular flexibility index (Phi) is 6.56. The molecule has 1 aromatic carbocycles. The van der Waals surface area contributed by atoms with Gasteiger partial charge in [0.1, 0.15) is 0 Å². The maximum Gasteiger partial charge on any atom is 0.338 e. The largest absolute Gasteiger partial charge is 0.452 e. The summed E-state index contributed by atoms with van der Waals surface area (Å²) in [6.45, 7) is 0.633. The van der Waals surface area contributed by atoms with E-state index in [0.717, 1.165) is 18.9 Å². The number of carbonyl (C=O) groups is 2. The maximum absolute atomic E-state index is 11.9. The lowest BCUT2D eigenvalue weighted by Crippen LogP contribution is -2.34. The topological polar surface area (TPSA) is 108 Å². The summed E-state index contributed by atoms with van der Waals surface area (Å²) in [5.41, 5.74) is -0.133. The Bertz CT molecular complexity index is 630. The highest BCUT2D eigenvalue weighted by molar-refractivity contribution is 7.98. The minimum atomic E-state index is -0.780. The molecular weight excluding hydrogens is 336 g/mol. The minimum Gasteiger partial charge on any atom is -0.452 e. The van der Waals surface area contributed by atoms with Crippen molar-refractivity contribution < 1.29 is 24.0 Å². The van der Waals surface area contributed by atoms with Gasteiger partial charge in [0.15, 0.2) is 6.61 Å². The zero-order valence-corrected chi connectivity index (χ0v) is 14.0. The normalized spacial score (nSPS) is 16.6. The Balaban J connectivity index is 1.86. The molecule has 24 heavy (non-hydrogen) atoms. The predicted molar refractivity (Wildman–Crippen MR) is 87.1 cm³/mol. The first-order valence-corrected chi connectivity index (χ1v) is 8.61. The van der Waals surface area contributed by atoms with Crippen molar-refractivity contribution in [2.45, 2.75) is 23.8 Å². The molecule has 8 nitrogen and oxygen atoms in total. The molecule has 1 heterocycles. The van der Waals surface area contributed by atoms with Gasteiger partial charge in [-0.2, -0.15) is 0 Å². The van der Waals surface area contributed by atoms with E-state index in [4.69, 9.17) is 9.47 Å². The van der Waals surface area contributed by atoms with Gasteiger partial charge in [-0.05, 0) is 31.2 Å². The van der Waals surface area contributed by atoms with E-state index in [9.17, 15) is 19.7 Å². The van der Waals surface area contributed by atoms with Crippen molar-refractivity contribution in [2.75, 3.05) is 26.0 Å². The number of amides is 1. The van der Waals surface area contributed by atoms with E-state index < -0.39 is 23.4 Å². The lowest BCUT2D eigenvalue weighted by molar-refractivity contribution is -0.387. The van der Waals surface area contributed by atoms with Crippen molar-refractivity contribution in [3.05, 3.63) is 33.9 Å². The zero-order valence-electron chi connectivity index (χ0n) is 13.1. The Labute approximate surface area is 143 Å². The van der Waals surface area contributed by atoms with E-state index in [-0.39, 0.29) is 17.4 Å². The number of ether oxygens (including phenoxy) is 2. The molecule has 2 rings (SSSR count). The summed E-state index contributed by atoms with van der Waals surface area (Å²) in [5, 5.41) is 13.6. The summed E-state index contributed by atoms with van der Waals surface area (Å²) in [6, 6.07) is 4.07. The molecule has 1 amide bonds. The first-order valence-electron chi connectivity index (χ1n) is 7.39. The quantitative estimate of drug-likeness (QED) is 0.344. The van der Waals surface area contributed by atoms with Crippen LogP contribution in [-0.2, 0) is 14.3 Å². The smallest absolute Gasteiger partial charge is 0.338 e. The molecule has 9 heteroatoms.